The van der Waals surface area contributed by atoms with E-state index in [1.54, 1.807) is 9.88 Å². The second-order valence-corrected chi connectivity index (χ2v) is 21.2. The molecule has 0 amide bonds. The van der Waals surface area contributed by atoms with E-state index in [1.165, 1.54) is 101 Å². The van der Waals surface area contributed by atoms with Gasteiger partial charge in [0.15, 0.2) is 0 Å². The van der Waals surface area contributed by atoms with Crippen molar-refractivity contribution < 1.29 is 24.2 Å². The van der Waals surface area contributed by atoms with Gasteiger partial charge in [0.1, 0.15) is 12.9 Å². The van der Waals surface area contributed by atoms with Gasteiger partial charge in [-0.1, -0.05) is 157 Å². The van der Waals surface area contributed by atoms with Crippen molar-refractivity contribution in [1.29, 1.82) is 0 Å². The summed E-state index contributed by atoms with van der Waals surface area (Å²) in [4.78, 5) is 12.9. The quantitative estimate of drug-likeness (QED) is 0.0203. The zero-order valence-electron chi connectivity index (χ0n) is 39.7. The predicted octanol–water partition coefficient (Wildman–Crippen LogP) is 14.9. The highest BCUT2D eigenvalue weighted by Gasteiger charge is 2.59. The number of hydrogen-bond donors (Lipinski definition) is 2. The molecule has 0 aliphatic heterocycles. The third-order valence-corrected chi connectivity index (χ3v) is 15.1. The Labute approximate surface area is 384 Å². The third kappa shape index (κ3) is 20.4. The molecule has 0 saturated heterocycles. The van der Waals surface area contributed by atoms with Crippen molar-refractivity contribution in [3.05, 3.63) is 23.8 Å². The summed E-state index contributed by atoms with van der Waals surface area (Å²) >= 11 is 3.80. The summed E-state index contributed by atoms with van der Waals surface area (Å²) in [5, 5.41) is 11.8. The fourth-order valence-corrected chi connectivity index (χ4v) is 11.8. The van der Waals surface area contributed by atoms with E-state index in [1.807, 2.05) is 14.1 Å². The van der Waals surface area contributed by atoms with Gasteiger partial charge in [-0.15, -0.1) is 0 Å². The SMILES string of the molecule is C.C.CCCCCC/C=C\COCOCCCCCCCCN(O)CCCC(=O)O[C@H]1CC[C@@]2(C)C(=CC[C@H]3[C@@H]4CC[C@H]([C@H](C)CCCC(C)C)[C@@]4(C)CC[C@@H]32)C1.CN(C)S. The first-order chi connectivity index (χ1) is 28.3. The summed E-state index contributed by atoms with van der Waals surface area (Å²) < 4.78 is 18.9. The van der Waals surface area contributed by atoms with Crippen molar-refractivity contribution in [2.75, 3.05) is 47.2 Å². The monoisotopic (exact) mass is 879 g/mol. The first-order valence-electron chi connectivity index (χ1n) is 24.8. The maximum Gasteiger partial charge on any atom is 0.306 e. The zero-order valence-corrected chi connectivity index (χ0v) is 40.6. The Bertz CT molecular complexity index is 1190. The molecule has 8 atom stereocenters. The fourth-order valence-electron chi connectivity index (χ4n) is 11.8. The molecule has 0 bridgehead atoms. The number of rotatable bonds is 28. The zero-order chi connectivity index (χ0) is 43.1. The van der Waals surface area contributed by atoms with Gasteiger partial charge in [-0.2, -0.15) is 5.06 Å². The lowest BCUT2D eigenvalue weighted by atomic mass is 9.47. The standard InChI is InChI=1S/C49H87NO5.C2H7NS.2CH4/c1-7-8-9-10-12-15-18-35-53-38-54-36-19-16-13-11-14-17-33-50(52)34-21-24-47(51)55-42-29-31-48(5)41(37-42)25-26-43-45-28-27-44(40(4)23-20-22-39(2)3)49(45,6)32-30-46(43)48;1-3(2)4;;/h15,18,25,39-40,42-46,52H,7-14,16-17,19-24,26-38H2,1-6H3;4H,1-2H3;2*1H4/b18-15-;;;/t40-,42+,43+,44-,45+,46+,48+,49-;;;/m1.../s1. The predicted molar refractivity (Wildman–Crippen MR) is 264 cm³/mol. The number of ether oxygens (including phenoxy) is 3. The summed E-state index contributed by atoms with van der Waals surface area (Å²) in [7, 11) is 3.73. The normalized spacial score (nSPS) is 27.4. The molecule has 0 aromatic carbocycles. The number of allylic oxidation sites excluding steroid dienone is 2. The average Bonchev–Trinajstić information content (AvgIpc) is 3.54. The van der Waals surface area contributed by atoms with E-state index < -0.39 is 0 Å². The van der Waals surface area contributed by atoms with Crippen LogP contribution in [0.5, 0.6) is 0 Å². The van der Waals surface area contributed by atoms with Crippen molar-refractivity contribution >= 4 is 18.8 Å². The number of nitrogens with zero attached hydrogens (tertiary/aromatic N) is 2. The minimum atomic E-state index is -0.0928. The Hall–Kier alpha value is -0.900. The number of fused-ring (bicyclic) bond motifs is 5. The number of esters is 1. The Kier molecular flexibility index (Phi) is 30.4. The largest absolute Gasteiger partial charge is 0.462 e. The number of carbonyl (C=O) groups is 1. The van der Waals surface area contributed by atoms with Gasteiger partial charge in [-0.25, -0.2) is 0 Å². The highest BCUT2D eigenvalue weighted by molar-refractivity contribution is 7.77. The fraction of sp³-hybridized carbons (Fsp3) is 0.906. The summed E-state index contributed by atoms with van der Waals surface area (Å²) in [6, 6.07) is 0. The van der Waals surface area contributed by atoms with Crippen LogP contribution in [-0.2, 0) is 19.0 Å². The maximum atomic E-state index is 12.9. The lowest BCUT2D eigenvalue weighted by molar-refractivity contribution is -0.152. The number of unbranched alkanes of at least 4 members (excludes halogenated alkanes) is 9. The van der Waals surface area contributed by atoms with Crippen molar-refractivity contribution in [2.24, 2.45) is 46.3 Å². The Morgan fingerprint density at radius 2 is 1.54 bits per heavy atom. The summed E-state index contributed by atoms with van der Waals surface area (Å²) in [5.74, 6) is 4.99. The minimum Gasteiger partial charge on any atom is -0.462 e. The van der Waals surface area contributed by atoms with Gasteiger partial charge in [0, 0.05) is 32.5 Å². The molecule has 0 aromatic heterocycles. The van der Waals surface area contributed by atoms with Crippen LogP contribution in [0.2, 0.25) is 0 Å². The van der Waals surface area contributed by atoms with Crippen LogP contribution in [0.15, 0.2) is 23.8 Å². The average molecular weight is 879 g/mol. The molecular formula is C53H102N2O5S. The third-order valence-electron chi connectivity index (χ3n) is 15.1. The van der Waals surface area contributed by atoms with Crippen molar-refractivity contribution in [1.82, 2.24) is 9.37 Å². The van der Waals surface area contributed by atoms with Crippen molar-refractivity contribution in [2.45, 2.75) is 217 Å². The molecule has 61 heavy (non-hydrogen) atoms. The van der Waals surface area contributed by atoms with E-state index in [0.29, 0.717) is 44.7 Å². The lowest BCUT2D eigenvalue weighted by Crippen LogP contribution is -2.51. The van der Waals surface area contributed by atoms with E-state index >= 15 is 0 Å². The van der Waals surface area contributed by atoms with Gasteiger partial charge < -0.3 is 19.4 Å². The van der Waals surface area contributed by atoms with Gasteiger partial charge in [0.25, 0.3) is 0 Å². The van der Waals surface area contributed by atoms with Crippen LogP contribution in [0.25, 0.3) is 0 Å². The lowest BCUT2D eigenvalue weighted by Gasteiger charge is -2.58. The molecule has 1 N–H and O–H groups in total. The molecule has 7 nitrogen and oxygen atoms in total. The number of thiol groups is 1. The molecule has 3 fully saturated rings. The van der Waals surface area contributed by atoms with Gasteiger partial charge in [0.05, 0.1) is 6.61 Å². The smallest absolute Gasteiger partial charge is 0.306 e. The van der Waals surface area contributed by atoms with Crippen molar-refractivity contribution in [3.8, 4) is 0 Å². The van der Waals surface area contributed by atoms with Crippen LogP contribution in [0.4, 0.5) is 0 Å². The molecule has 360 valence electrons. The Morgan fingerprint density at radius 1 is 0.852 bits per heavy atom. The molecule has 0 aromatic rings. The first kappa shape index (κ1) is 58.1. The van der Waals surface area contributed by atoms with E-state index in [4.69, 9.17) is 14.2 Å². The Balaban J connectivity index is 0.00000296. The van der Waals surface area contributed by atoms with Crippen LogP contribution < -0.4 is 0 Å². The second-order valence-electron chi connectivity index (χ2n) is 20.4. The molecule has 0 radical (unpaired) electrons. The van der Waals surface area contributed by atoms with Crippen LogP contribution in [0.1, 0.15) is 210 Å². The number of carbonyl (C=O) groups excluding carboxylic acids is 1. The van der Waals surface area contributed by atoms with E-state index in [9.17, 15) is 10.0 Å². The molecule has 3 saturated carbocycles. The molecule has 0 unspecified atom stereocenters. The topological polar surface area (TPSA) is 71.5 Å². The molecular weight excluding hydrogens is 777 g/mol. The van der Waals surface area contributed by atoms with E-state index in [-0.39, 0.29) is 32.3 Å². The van der Waals surface area contributed by atoms with E-state index in [2.05, 4.69) is 72.6 Å². The minimum absolute atomic E-state index is 0. The maximum absolute atomic E-state index is 12.9. The molecule has 4 rings (SSSR count). The van der Waals surface area contributed by atoms with Gasteiger partial charge >= 0.3 is 5.97 Å². The highest BCUT2D eigenvalue weighted by atomic mass is 32.1. The van der Waals surface area contributed by atoms with E-state index in [0.717, 1.165) is 87.1 Å². The summed E-state index contributed by atoms with van der Waals surface area (Å²) in [6.45, 7) is 17.8. The van der Waals surface area contributed by atoms with Gasteiger partial charge in [-0.05, 0) is 137 Å². The summed E-state index contributed by atoms with van der Waals surface area (Å²) in [5.41, 5.74) is 2.39. The van der Waals surface area contributed by atoms with Crippen LogP contribution in [-0.4, -0.2) is 73.8 Å². The van der Waals surface area contributed by atoms with Crippen LogP contribution >= 0.6 is 12.8 Å². The molecule has 4 aliphatic rings. The second kappa shape index (κ2) is 31.9. The van der Waals surface area contributed by atoms with Crippen LogP contribution in [0.3, 0.4) is 0 Å². The van der Waals surface area contributed by atoms with Gasteiger partial charge in [0.2, 0.25) is 0 Å². The molecule has 0 spiro atoms. The first-order valence-corrected chi connectivity index (χ1v) is 25.2. The molecule has 8 heteroatoms. The highest BCUT2D eigenvalue weighted by Crippen LogP contribution is 2.67. The number of hydrogen-bond acceptors (Lipinski definition) is 8. The molecule has 0 heterocycles. The van der Waals surface area contributed by atoms with Gasteiger partial charge in [-0.3, -0.25) is 9.10 Å². The Morgan fingerprint density at radius 3 is 2.26 bits per heavy atom. The molecule has 4 aliphatic carbocycles. The summed E-state index contributed by atoms with van der Waals surface area (Å²) in [6.07, 6.45) is 35.2. The van der Waals surface area contributed by atoms with Crippen LogP contribution in [0, 0.1) is 46.3 Å². The number of hydroxylamine groups is 2. The van der Waals surface area contributed by atoms with Crippen molar-refractivity contribution in [3.63, 3.8) is 0 Å².